The summed E-state index contributed by atoms with van der Waals surface area (Å²) in [4.78, 5) is 17.6. The van der Waals surface area contributed by atoms with Gasteiger partial charge in [-0.15, -0.1) is 11.3 Å². The van der Waals surface area contributed by atoms with Crippen LogP contribution in [0.15, 0.2) is 24.3 Å². The normalized spacial score (nSPS) is 13.7. The van der Waals surface area contributed by atoms with Crippen molar-refractivity contribution in [2.75, 3.05) is 0 Å². The molecular formula is C17H23N3OS. The average Bonchev–Trinajstić information content (AvgIpc) is 2.80. The number of thiazole rings is 1. The molecule has 1 amide bonds. The van der Waals surface area contributed by atoms with Gasteiger partial charge in [-0.1, -0.05) is 29.8 Å². The molecule has 3 N–H and O–H groups in total. The Balaban J connectivity index is 2.15. The number of carbonyl (C=O) groups is 1. The van der Waals surface area contributed by atoms with E-state index in [2.05, 4.69) is 41.5 Å². The summed E-state index contributed by atoms with van der Waals surface area (Å²) >= 11 is 1.63. The first-order chi connectivity index (χ1) is 10.4. The minimum atomic E-state index is -0.127. The zero-order valence-corrected chi connectivity index (χ0v) is 14.3. The molecule has 0 bridgehead atoms. The molecule has 0 saturated heterocycles. The molecule has 2 rings (SSSR count). The van der Waals surface area contributed by atoms with Crippen LogP contribution in [0.4, 0.5) is 0 Å². The summed E-state index contributed by atoms with van der Waals surface area (Å²) in [5.74, 6) is -0.0211. The second-order valence-corrected chi connectivity index (χ2v) is 6.84. The fraction of sp³-hybridized carbons (Fsp3) is 0.412. The quantitative estimate of drug-likeness (QED) is 0.888. The van der Waals surface area contributed by atoms with Gasteiger partial charge in [-0.2, -0.15) is 0 Å². The third kappa shape index (κ3) is 4.15. The molecule has 2 unspecified atom stereocenters. The highest BCUT2D eigenvalue weighted by Crippen LogP contribution is 2.31. The van der Waals surface area contributed by atoms with E-state index < -0.39 is 0 Å². The maximum atomic E-state index is 11.9. The van der Waals surface area contributed by atoms with Crippen molar-refractivity contribution in [3.63, 3.8) is 0 Å². The molecular weight excluding hydrogens is 294 g/mol. The van der Waals surface area contributed by atoms with Crippen LogP contribution in [0.25, 0.3) is 10.6 Å². The minimum absolute atomic E-state index is 0.0211. The fourth-order valence-electron chi connectivity index (χ4n) is 2.29. The molecule has 0 radical (unpaired) electrons. The smallest absolute Gasteiger partial charge is 0.222 e. The van der Waals surface area contributed by atoms with E-state index in [1.54, 1.807) is 11.3 Å². The Labute approximate surface area is 135 Å². The highest BCUT2D eigenvalue weighted by Gasteiger charge is 2.17. The van der Waals surface area contributed by atoms with Crippen LogP contribution >= 0.6 is 11.3 Å². The van der Waals surface area contributed by atoms with Crippen LogP contribution in [0.2, 0.25) is 0 Å². The van der Waals surface area contributed by atoms with Crippen LogP contribution in [0, 0.1) is 13.8 Å². The van der Waals surface area contributed by atoms with Gasteiger partial charge in [0, 0.05) is 18.0 Å². The molecule has 5 heteroatoms. The van der Waals surface area contributed by atoms with E-state index in [0.717, 1.165) is 21.1 Å². The first kappa shape index (κ1) is 16.6. The fourth-order valence-corrected chi connectivity index (χ4v) is 3.36. The van der Waals surface area contributed by atoms with Crippen molar-refractivity contribution in [1.29, 1.82) is 0 Å². The average molecular weight is 317 g/mol. The number of aryl methyl sites for hydroxylation is 2. The van der Waals surface area contributed by atoms with Crippen LogP contribution in [-0.4, -0.2) is 16.9 Å². The summed E-state index contributed by atoms with van der Waals surface area (Å²) in [7, 11) is 0. The third-order valence-corrected chi connectivity index (χ3v) is 4.80. The van der Waals surface area contributed by atoms with E-state index in [1.807, 2.05) is 20.8 Å². The number of nitrogens with two attached hydrogens (primary N) is 1. The van der Waals surface area contributed by atoms with E-state index in [1.165, 1.54) is 5.56 Å². The van der Waals surface area contributed by atoms with Crippen molar-refractivity contribution in [2.24, 2.45) is 5.73 Å². The largest absolute Gasteiger partial charge is 0.349 e. The van der Waals surface area contributed by atoms with E-state index in [0.29, 0.717) is 6.42 Å². The summed E-state index contributed by atoms with van der Waals surface area (Å²) < 4.78 is 0. The lowest BCUT2D eigenvalue weighted by atomic mass is 10.1. The lowest BCUT2D eigenvalue weighted by molar-refractivity contribution is -0.121. The number of benzene rings is 1. The molecule has 2 atom stereocenters. The Hall–Kier alpha value is -1.72. The van der Waals surface area contributed by atoms with Crippen LogP contribution in [0.5, 0.6) is 0 Å². The van der Waals surface area contributed by atoms with Crippen molar-refractivity contribution in [2.45, 2.75) is 46.2 Å². The molecule has 2 aromatic rings. The lowest BCUT2D eigenvalue weighted by Crippen LogP contribution is -2.31. The Kier molecular flexibility index (Phi) is 5.32. The number of nitrogens with one attached hydrogen (secondary N) is 1. The van der Waals surface area contributed by atoms with Gasteiger partial charge in [-0.25, -0.2) is 4.98 Å². The predicted molar refractivity (Wildman–Crippen MR) is 91.8 cm³/mol. The van der Waals surface area contributed by atoms with Gasteiger partial charge in [-0.05, 0) is 27.7 Å². The summed E-state index contributed by atoms with van der Waals surface area (Å²) in [5.41, 5.74) is 8.97. The number of rotatable bonds is 5. The molecule has 0 aliphatic rings. The molecule has 0 fully saturated rings. The monoisotopic (exact) mass is 317 g/mol. The van der Waals surface area contributed by atoms with Crippen LogP contribution in [0.1, 0.15) is 42.4 Å². The molecule has 0 aliphatic heterocycles. The van der Waals surface area contributed by atoms with Gasteiger partial charge in [0.05, 0.1) is 16.6 Å². The van der Waals surface area contributed by atoms with Crippen LogP contribution in [0.3, 0.4) is 0 Å². The van der Waals surface area contributed by atoms with E-state index in [4.69, 9.17) is 5.73 Å². The van der Waals surface area contributed by atoms with Gasteiger partial charge in [0.25, 0.3) is 0 Å². The van der Waals surface area contributed by atoms with E-state index in [-0.39, 0.29) is 18.0 Å². The number of carbonyl (C=O) groups excluding carboxylic acids is 1. The van der Waals surface area contributed by atoms with Crippen LogP contribution in [-0.2, 0) is 4.79 Å². The van der Waals surface area contributed by atoms with Gasteiger partial charge in [0.2, 0.25) is 5.91 Å². The maximum Gasteiger partial charge on any atom is 0.222 e. The first-order valence-electron chi connectivity index (χ1n) is 7.46. The Morgan fingerprint density at radius 1 is 1.27 bits per heavy atom. The van der Waals surface area contributed by atoms with Crippen molar-refractivity contribution >= 4 is 17.2 Å². The molecule has 22 heavy (non-hydrogen) atoms. The zero-order valence-electron chi connectivity index (χ0n) is 13.5. The SMILES string of the molecule is Cc1ccc(-c2nc(C)c(C(C)NC(=O)CC(C)N)s2)cc1. The van der Waals surface area contributed by atoms with Crippen molar-refractivity contribution < 1.29 is 4.79 Å². The van der Waals surface area contributed by atoms with Gasteiger partial charge in [0.15, 0.2) is 0 Å². The molecule has 1 aromatic heterocycles. The summed E-state index contributed by atoms with van der Waals surface area (Å²) in [5, 5.41) is 3.98. The second-order valence-electron chi connectivity index (χ2n) is 5.81. The minimum Gasteiger partial charge on any atom is -0.349 e. The Morgan fingerprint density at radius 2 is 1.91 bits per heavy atom. The molecule has 0 aliphatic carbocycles. The molecule has 118 valence electrons. The highest BCUT2D eigenvalue weighted by atomic mass is 32.1. The standard InChI is InChI=1S/C17H23N3OS/c1-10-5-7-14(8-6-10)17-20-13(4)16(22-17)12(3)19-15(21)9-11(2)18/h5-8,11-12H,9,18H2,1-4H3,(H,19,21). The Morgan fingerprint density at radius 3 is 2.50 bits per heavy atom. The summed E-state index contributed by atoms with van der Waals surface area (Å²) in [6.07, 6.45) is 0.340. The van der Waals surface area contributed by atoms with Crippen molar-refractivity contribution in [1.82, 2.24) is 10.3 Å². The van der Waals surface area contributed by atoms with Crippen molar-refractivity contribution in [3.05, 3.63) is 40.4 Å². The van der Waals surface area contributed by atoms with Gasteiger partial charge < -0.3 is 11.1 Å². The molecule has 4 nitrogen and oxygen atoms in total. The van der Waals surface area contributed by atoms with E-state index >= 15 is 0 Å². The number of hydrogen-bond acceptors (Lipinski definition) is 4. The molecule has 1 heterocycles. The number of amides is 1. The first-order valence-corrected chi connectivity index (χ1v) is 8.27. The molecule has 0 spiro atoms. The van der Waals surface area contributed by atoms with Gasteiger partial charge >= 0.3 is 0 Å². The maximum absolute atomic E-state index is 11.9. The van der Waals surface area contributed by atoms with Crippen LogP contribution < -0.4 is 11.1 Å². The van der Waals surface area contributed by atoms with Gasteiger partial charge in [-0.3, -0.25) is 4.79 Å². The van der Waals surface area contributed by atoms with Crippen molar-refractivity contribution in [3.8, 4) is 10.6 Å². The summed E-state index contributed by atoms with van der Waals surface area (Å²) in [6.45, 7) is 7.87. The topological polar surface area (TPSA) is 68.0 Å². The summed E-state index contributed by atoms with van der Waals surface area (Å²) in [6, 6.07) is 8.15. The highest BCUT2D eigenvalue weighted by molar-refractivity contribution is 7.15. The van der Waals surface area contributed by atoms with E-state index in [9.17, 15) is 4.79 Å². The lowest BCUT2D eigenvalue weighted by Gasteiger charge is -2.13. The number of aromatic nitrogens is 1. The second kappa shape index (κ2) is 7.03. The number of nitrogens with zero attached hydrogens (tertiary/aromatic N) is 1. The van der Waals surface area contributed by atoms with Gasteiger partial charge in [0.1, 0.15) is 5.01 Å². The number of hydrogen-bond donors (Lipinski definition) is 2. The molecule has 0 saturated carbocycles. The zero-order chi connectivity index (χ0) is 16.3. The predicted octanol–water partition coefficient (Wildman–Crippen LogP) is 3.34. The third-order valence-electron chi connectivity index (χ3n) is 3.41. The Bertz CT molecular complexity index is 646. The molecule has 1 aromatic carbocycles.